The Kier molecular flexibility index (Phi) is 3.52. The molecule has 2 N–H and O–H groups in total. The zero-order valence-corrected chi connectivity index (χ0v) is 10.6. The molecule has 0 saturated carbocycles. The highest BCUT2D eigenvalue weighted by Crippen LogP contribution is 2.25. The molecular formula is C13H18N2O3. The number of carboxylic acid groups (broad SMARTS) is 1. The molecule has 18 heavy (non-hydrogen) atoms. The number of carbonyl (C=O) groups is 1. The van der Waals surface area contributed by atoms with Crippen molar-refractivity contribution in [3.05, 3.63) is 23.9 Å². The highest BCUT2D eigenvalue weighted by atomic mass is 16.5. The average Bonchev–Trinajstić information content (AvgIpc) is 2.28. The van der Waals surface area contributed by atoms with Crippen LogP contribution in [-0.2, 0) is 4.74 Å². The number of pyridine rings is 1. The van der Waals surface area contributed by atoms with Crippen LogP contribution < -0.4 is 5.32 Å². The minimum absolute atomic E-state index is 0.0614. The monoisotopic (exact) mass is 250 g/mol. The summed E-state index contributed by atoms with van der Waals surface area (Å²) in [6.07, 6.45) is 1.79. The van der Waals surface area contributed by atoms with Crippen LogP contribution in [0, 0.1) is 0 Å². The minimum atomic E-state index is -1.01. The molecule has 1 atom stereocenters. The van der Waals surface area contributed by atoms with Gasteiger partial charge in [0.05, 0.1) is 5.60 Å². The molecule has 2 rings (SSSR count). The normalized spacial score (nSPS) is 22.4. The van der Waals surface area contributed by atoms with Crippen molar-refractivity contribution in [1.29, 1.82) is 0 Å². The van der Waals surface area contributed by atoms with Gasteiger partial charge in [0.2, 0.25) is 0 Å². The van der Waals surface area contributed by atoms with Gasteiger partial charge in [-0.15, -0.1) is 0 Å². The van der Waals surface area contributed by atoms with Crippen LogP contribution in [0.15, 0.2) is 18.2 Å². The van der Waals surface area contributed by atoms with E-state index in [-0.39, 0.29) is 17.3 Å². The summed E-state index contributed by atoms with van der Waals surface area (Å²) in [6.45, 7) is 4.83. The number of rotatable bonds is 3. The van der Waals surface area contributed by atoms with E-state index >= 15 is 0 Å². The zero-order chi connectivity index (χ0) is 13.2. The SMILES string of the molecule is CC1(C)CC(Nc2cccc(C(=O)O)n2)CCO1. The molecule has 1 aromatic heterocycles. The third-order valence-corrected chi connectivity index (χ3v) is 3.02. The van der Waals surface area contributed by atoms with Gasteiger partial charge in [-0.05, 0) is 38.8 Å². The molecule has 0 amide bonds. The van der Waals surface area contributed by atoms with Gasteiger partial charge in [0.25, 0.3) is 0 Å². The second kappa shape index (κ2) is 4.94. The highest BCUT2D eigenvalue weighted by molar-refractivity contribution is 5.85. The van der Waals surface area contributed by atoms with Gasteiger partial charge in [-0.3, -0.25) is 0 Å². The van der Waals surface area contributed by atoms with Gasteiger partial charge in [0, 0.05) is 12.6 Å². The van der Waals surface area contributed by atoms with Crippen molar-refractivity contribution < 1.29 is 14.6 Å². The third-order valence-electron chi connectivity index (χ3n) is 3.02. The predicted octanol–water partition coefficient (Wildman–Crippen LogP) is 2.15. The number of anilines is 1. The number of nitrogens with zero attached hydrogens (tertiary/aromatic N) is 1. The van der Waals surface area contributed by atoms with Crippen LogP contribution in [0.3, 0.4) is 0 Å². The van der Waals surface area contributed by atoms with E-state index < -0.39 is 5.97 Å². The van der Waals surface area contributed by atoms with E-state index in [2.05, 4.69) is 24.1 Å². The van der Waals surface area contributed by atoms with Crippen molar-refractivity contribution in [3.8, 4) is 0 Å². The van der Waals surface area contributed by atoms with Crippen LogP contribution in [0.1, 0.15) is 37.2 Å². The molecule has 1 aromatic rings. The molecule has 0 spiro atoms. The summed E-state index contributed by atoms with van der Waals surface area (Å²) in [6, 6.07) is 5.24. The van der Waals surface area contributed by atoms with Crippen molar-refractivity contribution in [2.75, 3.05) is 11.9 Å². The molecule has 5 heteroatoms. The van der Waals surface area contributed by atoms with Crippen LogP contribution in [0.5, 0.6) is 0 Å². The molecular weight excluding hydrogens is 232 g/mol. The Labute approximate surface area is 106 Å². The lowest BCUT2D eigenvalue weighted by atomic mass is 9.94. The van der Waals surface area contributed by atoms with Gasteiger partial charge >= 0.3 is 5.97 Å². The van der Waals surface area contributed by atoms with E-state index in [0.29, 0.717) is 12.4 Å². The first-order valence-corrected chi connectivity index (χ1v) is 6.07. The van der Waals surface area contributed by atoms with Gasteiger partial charge in [-0.2, -0.15) is 0 Å². The van der Waals surface area contributed by atoms with E-state index in [1.807, 2.05) is 0 Å². The Hall–Kier alpha value is -1.62. The zero-order valence-electron chi connectivity index (χ0n) is 10.6. The molecule has 0 aromatic carbocycles. The summed E-state index contributed by atoms with van der Waals surface area (Å²) in [5, 5.41) is 12.2. The summed E-state index contributed by atoms with van der Waals surface area (Å²) in [4.78, 5) is 14.9. The van der Waals surface area contributed by atoms with Crippen LogP contribution >= 0.6 is 0 Å². The summed E-state index contributed by atoms with van der Waals surface area (Å²) in [5.41, 5.74) is -0.0772. The van der Waals surface area contributed by atoms with Crippen LogP contribution in [0.4, 0.5) is 5.82 Å². The maximum Gasteiger partial charge on any atom is 0.354 e. The molecule has 1 aliphatic rings. The standard InChI is InChI=1S/C13H18N2O3/c1-13(2)8-9(6-7-18-13)14-11-5-3-4-10(15-11)12(16)17/h3-5,9H,6-8H2,1-2H3,(H,14,15)(H,16,17). The lowest BCUT2D eigenvalue weighted by molar-refractivity contribution is -0.0553. The number of hydrogen-bond acceptors (Lipinski definition) is 4. The number of hydrogen-bond donors (Lipinski definition) is 2. The Morgan fingerprint density at radius 2 is 2.33 bits per heavy atom. The van der Waals surface area contributed by atoms with E-state index in [0.717, 1.165) is 12.8 Å². The van der Waals surface area contributed by atoms with Crippen LogP contribution in [0.25, 0.3) is 0 Å². The average molecular weight is 250 g/mol. The first kappa shape index (κ1) is 12.8. The lowest BCUT2D eigenvalue weighted by Gasteiger charge is -2.36. The number of nitrogens with one attached hydrogen (secondary N) is 1. The van der Waals surface area contributed by atoms with Gasteiger partial charge in [-0.1, -0.05) is 6.07 Å². The molecule has 98 valence electrons. The van der Waals surface area contributed by atoms with Crippen molar-refractivity contribution in [1.82, 2.24) is 4.98 Å². The molecule has 1 unspecified atom stereocenters. The predicted molar refractivity (Wildman–Crippen MR) is 67.9 cm³/mol. The summed E-state index contributed by atoms with van der Waals surface area (Å²) in [5.74, 6) is -0.399. The van der Waals surface area contributed by atoms with E-state index in [9.17, 15) is 4.79 Å². The Bertz CT molecular complexity index is 446. The molecule has 2 heterocycles. The number of ether oxygens (including phenoxy) is 1. The molecule has 1 aliphatic heterocycles. The highest BCUT2D eigenvalue weighted by Gasteiger charge is 2.28. The number of carboxylic acids is 1. The first-order chi connectivity index (χ1) is 8.46. The van der Waals surface area contributed by atoms with Crippen LogP contribution in [-0.4, -0.2) is 34.3 Å². The maximum absolute atomic E-state index is 10.8. The summed E-state index contributed by atoms with van der Waals surface area (Å²) in [7, 11) is 0. The Morgan fingerprint density at radius 3 is 3.00 bits per heavy atom. The third kappa shape index (κ3) is 3.20. The molecule has 0 aliphatic carbocycles. The van der Waals surface area contributed by atoms with Gasteiger partial charge in [0.15, 0.2) is 5.69 Å². The largest absolute Gasteiger partial charge is 0.477 e. The first-order valence-electron chi connectivity index (χ1n) is 6.07. The lowest BCUT2D eigenvalue weighted by Crippen LogP contribution is -2.40. The molecule has 0 radical (unpaired) electrons. The quantitative estimate of drug-likeness (QED) is 0.860. The van der Waals surface area contributed by atoms with E-state index in [1.54, 1.807) is 12.1 Å². The number of aromatic carboxylic acids is 1. The molecule has 1 fully saturated rings. The van der Waals surface area contributed by atoms with Gasteiger partial charge < -0.3 is 15.2 Å². The fourth-order valence-corrected chi connectivity index (χ4v) is 2.20. The Balaban J connectivity index is 2.05. The number of aromatic nitrogens is 1. The van der Waals surface area contributed by atoms with E-state index in [1.165, 1.54) is 6.07 Å². The van der Waals surface area contributed by atoms with Gasteiger partial charge in [0.1, 0.15) is 5.82 Å². The second-order valence-electron chi connectivity index (χ2n) is 5.16. The van der Waals surface area contributed by atoms with Crippen molar-refractivity contribution in [3.63, 3.8) is 0 Å². The molecule has 5 nitrogen and oxygen atoms in total. The van der Waals surface area contributed by atoms with Crippen molar-refractivity contribution in [2.24, 2.45) is 0 Å². The minimum Gasteiger partial charge on any atom is -0.477 e. The fourth-order valence-electron chi connectivity index (χ4n) is 2.20. The summed E-state index contributed by atoms with van der Waals surface area (Å²) >= 11 is 0. The molecule has 1 saturated heterocycles. The second-order valence-corrected chi connectivity index (χ2v) is 5.16. The maximum atomic E-state index is 10.8. The summed E-state index contributed by atoms with van der Waals surface area (Å²) < 4.78 is 5.64. The smallest absolute Gasteiger partial charge is 0.354 e. The van der Waals surface area contributed by atoms with Crippen LogP contribution in [0.2, 0.25) is 0 Å². The van der Waals surface area contributed by atoms with E-state index in [4.69, 9.17) is 9.84 Å². The van der Waals surface area contributed by atoms with Crippen molar-refractivity contribution >= 4 is 11.8 Å². The molecule has 0 bridgehead atoms. The Morgan fingerprint density at radius 1 is 1.56 bits per heavy atom. The fraction of sp³-hybridized carbons (Fsp3) is 0.538. The topological polar surface area (TPSA) is 71.5 Å². The van der Waals surface area contributed by atoms with Gasteiger partial charge in [-0.25, -0.2) is 9.78 Å². The van der Waals surface area contributed by atoms with Crippen molar-refractivity contribution in [2.45, 2.75) is 38.3 Å².